The zero-order valence-corrected chi connectivity index (χ0v) is 10.3. The van der Waals surface area contributed by atoms with E-state index < -0.39 is 0 Å². The first-order valence-corrected chi connectivity index (χ1v) is 6.16. The lowest BCUT2D eigenvalue weighted by atomic mass is 10.2. The highest BCUT2D eigenvalue weighted by atomic mass is 79.9. The van der Waals surface area contributed by atoms with Crippen LogP contribution in [0.25, 0.3) is 6.08 Å². The quantitative estimate of drug-likeness (QED) is 0.864. The molecule has 1 aromatic rings. The van der Waals surface area contributed by atoms with Crippen LogP contribution in [0.4, 0.5) is 0 Å². The van der Waals surface area contributed by atoms with Gasteiger partial charge in [-0.3, -0.25) is 4.79 Å². The fourth-order valence-corrected chi connectivity index (χ4v) is 2.47. The Hall–Kier alpha value is -0.650. The highest BCUT2D eigenvalue weighted by Crippen LogP contribution is 2.22. The molecule has 15 heavy (non-hydrogen) atoms. The summed E-state index contributed by atoms with van der Waals surface area (Å²) in [7, 11) is 0. The van der Waals surface area contributed by atoms with Crippen LogP contribution in [-0.2, 0) is 9.53 Å². The molecule has 0 spiro atoms. The Morgan fingerprint density at radius 2 is 2.40 bits per heavy atom. The van der Waals surface area contributed by atoms with Crippen molar-refractivity contribution in [2.24, 2.45) is 0 Å². The first-order valence-electron chi connectivity index (χ1n) is 4.56. The molecule has 2 heterocycles. The van der Waals surface area contributed by atoms with Crippen LogP contribution in [-0.4, -0.2) is 25.2 Å². The van der Waals surface area contributed by atoms with Crippen molar-refractivity contribution in [3.8, 4) is 0 Å². The summed E-state index contributed by atoms with van der Waals surface area (Å²) in [4.78, 5) is 12.4. The number of hydrogen-bond donors (Lipinski definition) is 1. The molecule has 0 unspecified atom stereocenters. The molecule has 3 nitrogen and oxygen atoms in total. The van der Waals surface area contributed by atoms with Crippen molar-refractivity contribution in [3.63, 3.8) is 0 Å². The number of thiophene rings is 1. The third-order valence-electron chi connectivity index (χ3n) is 1.98. The van der Waals surface area contributed by atoms with E-state index in [1.54, 1.807) is 17.4 Å². The molecule has 0 atom stereocenters. The number of halogens is 1. The average molecular weight is 288 g/mol. The maximum absolute atomic E-state index is 11.4. The van der Waals surface area contributed by atoms with E-state index in [2.05, 4.69) is 21.2 Å². The van der Waals surface area contributed by atoms with Gasteiger partial charge in [-0.05, 0) is 34.1 Å². The normalized spacial score (nSPS) is 16.6. The lowest BCUT2D eigenvalue weighted by molar-refractivity contribution is -0.120. The Bertz CT molecular complexity index is 385. The number of hydrogen-bond acceptors (Lipinski definition) is 3. The minimum absolute atomic E-state index is 0.0622. The zero-order valence-electron chi connectivity index (χ0n) is 7.90. The van der Waals surface area contributed by atoms with Gasteiger partial charge in [-0.1, -0.05) is 0 Å². The number of carbonyl (C=O) groups is 1. The Labute approximate surface area is 100 Å². The maximum atomic E-state index is 11.4. The monoisotopic (exact) mass is 287 g/mol. The fourth-order valence-electron chi connectivity index (χ4n) is 1.14. The van der Waals surface area contributed by atoms with Gasteiger partial charge < -0.3 is 10.1 Å². The standard InChI is InChI=1S/C10H10BrNO2S/c11-9-3-1-8(15-9)2-4-10(13)12-7-5-14-6-7/h1-4,7H,5-6H2,(H,12,13). The highest BCUT2D eigenvalue weighted by Gasteiger charge is 2.18. The number of ether oxygens (including phenoxy) is 1. The van der Waals surface area contributed by atoms with Crippen LogP contribution in [0.5, 0.6) is 0 Å². The van der Waals surface area contributed by atoms with Gasteiger partial charge in [0.15, 0.2) is 0 Å². The van der Waals surface area contributed by atoms with Crippen molar-refractivity contribution in [1.29, 1.82) is 0 Å². The predicted octanol–water partition coefficient (Wildman–Crippen LogP) is 2.04. The molecule has 1 aromatic heterocycles. The van der Waals surface area contributed by atoms with Gasteiger partial charge in [-0.15, -0.1) is 11.3 Å². The minimum Gasteiger partial charge on any atom is -0.377 e. The molecular formula is C10H10BrNO2S. The smallest absolute Gasteiger partial charge is 0.244 e. The molecule has 0 aromatic carbocycles. The van der Waals surface area contributed by atoms with Gasteiger partial charge in [-0.2, -0.15) is 0 Å². The molecule has 1 fully saturated rings. The second kappa shape index (κ2) is 4.92. The van der Waals surface area contributed by atoms with E-state index in [9.17, 15) is 4.79 Å². The minimum atomic E-state index is -0.0622. The number of carbonyl (C=O) groups excluding carboxylic acids is 1. The van der Waals surface area contributed by atoms with Crippen molar-refractivity contribution >= 4 is 39.2 Å². The molecule has 1 N–H and O–H groups in total. The summed E-state index contributed by atoms with van der Waals surface area (Å²) in [5.41, 5.74) is 0. The van der Waals surface area contributed by atoms with Crippen molar-refractivity contribution in [2.75, 3.05) is 13.2 Å². The number of rotatable bonds is 3. The van der Waals surface area contributed by atoms with Crippen molar-refractivity contribution < 1.29 is 9.53 Å². The van der Waals surface area contributed by atoms with E-state index in [4.69, 9.17) is 4.74 Å². The fraction of sp³-hybridized carbons (Fsp3) is 0.300. The Kier molecular flexibility index (Phi) is 3.56. The maximum Gasteiger partial charge on any atom is 0.244 e. The molecule has 5 heteroatoms. The first kappa shape index (κ1) is 10.9. The van der Waals surface area contributed by atoms with Gasteiger partial charge in [0.25, 0.3) is 0 Å². The SMILES string of the molecule is O=C(C=Cc1ccc(Br)s1)NC1COC1. The second-order valence-electron chi connectivity index (χ2n) is 3.22. The van der Waals surface area contributed by atoms with Gasteiger partial charge in [-0.25, -0.2) is 0 Å². The summed E-state index contributed by atoms with van der Waals surface area (Å²) in [6.45, 7) is 1.26. The number of nitrogens with one attached hydrogen (secondary N) is 1. The molecule has 0 aliphatic carbocycles. The van der Waals surface area contributed by atoms with Crippen LogP contribution in [0.1, 0.15) is 4.88 Å². The van der Waals surface area contributed by atoms with E-state index in [1.807, 2.05) is 18.2 Å². The molecule has 0 bridgehead atoms. The van der Waals surface area contributed by atoms with Crippen LogP contribution >= 0.6 is 27.3 Å². The zero-order chi connectivity index (χ0) is 10.7. The molecule has 1 saturated heterocycles. The van der Waals surface area contributed by atoms with Crippen molar-refractivity contribution in [1.82, 2.24) is 5.32 Å². The van der Waals surface area contributed by atoms with E-state index in [0.29, 0.717) is 13.2 Å². The van der Waals surface area contributed by atoms with Crippen LogP contribution in [0.15, 0.2) is 22.0 Å². The van der Waals surface area contributed by atoms with Gasteiger partial charge in [0.05, 0.1) is 23.0 Å². The van der Waals surface area contributed by atoms with Gasteiger partial charge in [0, 0.05) is 11.0 Å². The van der Waals surface area contributed by atoms with Crippen LogP contribution in [0.2, 0.25) is 0 Å². The topological polar surface area (TPSA) is 38.3 Å². The molecule has 1 aliphatic heterocycles. The summed E-state index contributed by atoms with van der Waals surface area (Å²) in [5, 5.41) is 2.84. The summed E-state index contributed by atoms with van der Waals surface area (Å²) in [6, 6.07) is 4.12. The lowest BCUT2D eigenvalue weighted by Gasteiger charge is -2.26. The molecule has 1 aliphatic rings. The van der Waals surface area contributed by atoms with Crippen molar-refractivity contribution in [2.45, 2.75) is 6.04 Å². The van der Waals surface area contributed by atoms with Gasteiger partial charge in [0.2, 0.25) is 5.91 Å². The largest absolute Gasteiger partial charge is 0.377 e. The summed E-state index contributed by atoms with van der Waals surface area (Å²) >= 11 is 4.96. The highest BCUT2D eigenvalue weighted by molar-refractivity contribution is 9.11. The number of amides is 1. The van der Waals surface area contributed by atoms with Crippen molar-refractivity contribution in [3.05, 3.63) is 26.9 Å². The lowest BCUT2D eigenvalue weighted by Crippen LogP contribution is -2.48. The van der Waals surface area contributed by atoms with E-state index in [0.717, 1.165) is 8.66 Å². The molecule has 2 rings (SSSR count). The van der Waals surface area contributed by atoms with E-state index in [-0.39, 0.29) is 11.9 Å². The molecule has 80 valence electrons. The Morgan fingerprint density at radius 3 is 2.93 bits per heavy atom. The summed E-state index contributed by atoms with van der Waals surface area (Å²) in [5.74, 6) is -0.0622. The third-order valence-corrected chi connectivity index (χ3v) is 3.57. The predicted molar refractivity (Wildman–Crippen MR) is 63.8 cm³/mol. The van der Waals surface area contributed by atoms with E-state index >= 15 is 0 Å². The first-order chi connectivity index (χ1) is 7.24. The Morgan fingerprint density at radius 1 is 1.60 bits per heavy atom. The van der Waals surface area contributed by atoms with Crippen LogP contribution in [0, 0.1) is 0 Å². The second-order valence-corrected chi connectivity index (χ2v) is 5.71. The van der Waals surface area contributed by atoms with Crippen LogP contribution < -0.4 is 5.32 Å². The molecular weight excluding hydrogens is 278 g/mol. The molecule has 1 amide bonds. The molecule has 0 saturated carbocycles. The average Bonchev–Trinajstić information content (AvgIpc) is 2.55. The van der Waals surface area contributed by atoms with Gasteiger partial charge >= 0.3 is 0 Å². The third kappa shape index (κ3) is 3.15. The van der Waals surface area contributed by atoms with E-state index in [1.165, 1.54) is 0 Å². The van der Waals surface area contributed by atoms with Gasteiger partial charge in [0.1, 0.15) is 0 Å². The Balaban J connectivity index is 1.84. The summed E-state index contributed by atoms with van der Waals surface area (Å²) < 4.78 is 6.02. The molecule has 0 radical (unpaired) electrons. The van der Waals surface area contributed by atoms with Crippen LogP contribution in [0.3, 0.4) is 0 Å². The summed E-state index contributed by atoms with van der Waals surface area (Å²) in [6.07, 6.45) is 3.36.